The molecule has 1 heterocycles. The minimum Gasteiger partial charge on any atom is -0.399 e. The van der Waals surface area contributed by atoms with Gasteiger partial charge in [0.1, 0.15) is 24.7 Å². The second-order valence-electron chi connectivity index (χ2n) is 4.89. The summed E-state index contributed by atoms with van der Waals surface area (Å²) in [6.45, 7) is -0.509. The normalized spacial score (nSPS) is 25.5. The number of nitrogens with two attached hydrogens (primary N) is 1. The zero-order chi connectivity index (χ0) is 14.1. The fraction of sp³-hybridized carbons (Fsp3) is 0.462. The van der Waals surface area contributed by atoms with Crippen molar-refractivity contribution in [2.75, 3.05) is 25.7 Å². The monoisotopic (exact) mass is 272 g/mol. The third-order valence-electron chi connectivity index (χ3n) is 3.25. The standard InChI is InChI=1S/C13H15F3N2O/c1-12(10-4-9(17)2-3-11(10)16)8-19-13(5-14,6-15)7-18-12/h2-4,7H,5-6,8,17H2,1H3. The number of nitrogens with zero attached hydrogens (tertiary/aromatic N) is 1. The molecule has 0 amide bonds. The van der Waals surface area contributed by atoms with Gasteiger partial charge in [-0.1, -0.05) is 0 Å². The van der Waals surface area contributed by atoms with Crippen LogP contribution in [-0.2, 0) is 10.3 Å². The van der Waals surface area contributed by atoms with Crippen LogP contribution in [0.15, 0.2) is 23.2 Å². The Bertz CT molecular complexity index is 503. The van der Waals surface area contributed by atoms with Crippen LogP contribution in [0.4, 0.5) is 18.9 Å². The lowest BCUT2D eigenvalue weighted by Crippen LogP contribution is -2.48. The van der Waals surface area contributed by atoms with Gasteiger partial charge in [0.2, 0.25) is 0 Å². The molecule has 1 aromatic carbocycles. The molecule has 1 atom stereocenters. The number of rotatable bonds is 3. The maximum absolute atomic E-state index is 13.8. The molecule has 104 valence electrons. The summed E-state index contributed by atoms with van der Waals surface area (Å²) >= 11 is 0. The fourth-order valence-electron chi connectivity index (χ4n) is 1.90. The summed E-state index contributed by atoms with van der Waals surface area (Å²) in [5.41, 5.74) is 3.58. The van der Waals surface area contributed by atoms with Gasteiger partial charge in [0, 0.05) is 17.5 Å². The average Bonchev–Trinajstić information content (AvgIpc) is 2.43. The van der Waals surface area contributed by atoms with Gasteiger partial charge in [-0.15, -0.1) is 0 Å². The van der Waals surface area contributed by atoms with Crippen LogP contribution in [0.25, 0.3) is 0 Å². The van der Waals surface area contributed by atoms with Gasteiger partial charge in [0.15, 0.2) is 5.60 Å². The van der Waals surface area contributed by atoms with Crippen molar-refractivity contribution < 1.29 is 17.9 Å². The Hall–Kier alpha value is -1.56. The summed E-state index contributed by atoms with van der Waals surface area (Å²) < 4.78 is 44.6. The number of hydrogen-bond donors (Lipinski definition) is 1. The van der Waals surface area contributed by atoms with E-state index >= 15 is 0 Å². The number of benzene rings is 1. The van der Waals surface area contributed by atoms with E-state index in [-0.39, 0.29) is 12.2 Å². The number of alkyl halides is 2. The first-order chi connectivity index (χ1) is 8.95. The Morgan fingerprint density at radius 2 is 2.05 bits per heavy atom. The lowest BCUT2D eigenvalue weighted by Gasteiger charge is -2.36. The Morgan fingerprint density at radius 3 is 2.58 bits per heavy atom. The third kappa shape index (κ3) is 2.45. The zero-order valence-electron chi connectivity index (χ0n) is 10.5. The molecule has 1 aliphatic rings. The number of nitrogen functional groups attached to an aromatic ring is 1. The number of anilines is 1. The van der Waals surface area contributed by atoms with E-state index in [1.807, 2.05) is 0 Å². The second kappa shape index (κ2) is 4.85. The zero-order valence-corrected chi connectivity index (χ0v) is 10.5. The van der Waals surface area contributed by atoms with Crippen molar-refractivity contribution in [1.82, 2.24) is 0 Å². The minimum absolute atomic E-state index is 0.113. The van der Waals surface area contributed by atoms with E-state index in [1.54, 1.807) is 6.92 Å². The van der Waals surface area contributed by atoms with E-state index in [9.17, 15) is 13.2 Å². The molecule has 2 rings (SSSR count). The lowest BCUT2D eigenvalue weighted by atomic mass is 9.90. The first-order valence-corrected chi connectivity index (χ1v) is 5.82. The van der Waals surface area contributed by atoms with Gasteiger partial charge in [-0.2, -0.15) is 0 Å². The van der Waals surface area contributed by atoms with Gasteiger partial charge in [0.05, 0.1) is 6.61 Å². The van der Waals surface area contributed by atoms with Crippen LogP contribution in [0.1, 0.15) is 12.5 Å². The molecule has 0 spiro atoms. The molecule has 0 fully saturated rings. The van der Waals surface area contributed by atoms with E-state index in [2.05, 4.69) is 4.99 Å². The largest absolute Gasteiger partial charge is 0.399 e. The quantitative estimate of drug-likeness (QED) is 0.859. The molecule has 6 heteroatoms. The van der Waals surface area contributed by atoms with E-state index in [1.165, 1.54) is 18.2 Å². The van der Waals surface area contributed by atoms with Crippen LogP contribution in [-0.4, -0.2) is 31.8 Å². The maximum atomic E-state index is 13.8. The van der Waals surface area contributed by atoms with Gasteiger partial charge in [-0.05, 0) is 25.1 Å². The first kappa shape index (κ1) is 13.9. The summed E-state index contributed by atoms with van der Waals surface area (Å²) in [7, 11) is 0. The molecule has 0 saturated carbocycles. The van der Waals surface area contributed by atoms with Crippen molar-refractivity contribution in [2.24, 2.45) is 4.99 Å². The summed E-state index contributed by atoms with van der Waals surface area (Å²) in [6, 6.07) is 4.12. The van der Waals surface area contributed by atoms with E-state index in [0.717, 1.165) is 6.21 Å². The van der Waals surface area contributed by atoms with Crippen LogP contribution in [0.2, 0.25) is 0 Å². The smallest absolute Gasteiger partial charge is 0.159 e. The van der Waals surface area contributed by atoms with Gasteiger partial charge in [-0.25, -0.2) is 13.2 Å². The number of hydrogen-bond acceptors (Lipinski definition) is 3. The molecule has 19 heavy (non-hydrogen) atoms. The average molecular weight is 272 g/mol. The SMILES string of the molecule is CC1(c2cc(N)ccc2F)COC(CF)(CF)C=N1. The Morgan fingerprint density at radius 1 is 1.37 bits per heavy atom. The lowest BCUT2D eigenvalue weighted by molar-refractivity contribution is -0.0524. The van der Waals surface area contributed by atoms with Crippen molar-refractivity contribution >= 4 is 11.9 Å². The highest BCUT2D eigenvalue weighted by Gasteiger charge is 2.40. The van der Waals surface area contributed by atoms with E-state index in [0.29, 0.717) is 5.69 Å². The predicted octanol–water partition coefficient (Wildman–Crippen LogP) is 2.40. The Balaban J connectivity index is 2.38. The number of halogens is 3. The predicted molar refractivity (Wildman–Crippen MR) is 67.3 cm³/mol. The molecule has 1 aliphatic heterocycles. The van der Waals surface area contributed by atoms with Crippen LogP contribution >= 0.6 is 0 Å². The van der Waals surface area contributed by atoms with E-state index < -0.39 is 30.3 Å². The van der Waals surface area contributed by atoms with Crippen LogP contribution < -0.4 is 5.73 Å². The van der Waals surface area contributed by atoms with Gasteiger partial charge < -0.3 is 10.5 Å². The molecule has 2 N–H and O–H groups in total. The van der Waals surface area contributed by atoms with Gasteiger partial charge in [0.25, 0.3) is 0 Å². The topological polar surface area (TPSA) is 47.6 Å². The molecule has 0 saturated heterocycles. The second-order valence-corrected chi connectivity index (χ2v) is 4.89. The first-order valence-electron chi connectivity index (χ1n) is 5.82. The molecule has 0 radical (unpaired) electrons. The van der Waals surface area contributed by atoms with Crippen LogP contribution in [0, 0.1) is 5.82 Å². The molecule has 3 nitrogen and oxygen atoms in total. The summed E-state index contributed by atoms with van der Waals surface area (Å²) in [6.07, 6.45) is 1.08. The molecule has 0 aromatic heterocycles. The van der Waals surface area contributed by atoms with Crippen molar-refractivity contribution in [3.8, 4) is 0 Å². The maximum Gasteiger partial charge on any atom is 0.159 e. The van der Waals surface area contributed by atoms with E-state index in [4.69, 9.17) is 10.5 Å². The molecule has 0 bridgehead atoms. The van der Waals surface area contributed by atoms with Crippen molar-refractivity contribution in [2.45, 2.75) is 18.1 Å². The summed E-state index contributed by atoms with van der Waals surface area (Å²) in [5.74, 6) is -0.481. The molecule has 1 unspecified atom stereocenters. The molecule has 0 aliphatic carbocycles. The highest BCUT2D eigenvalue weighted by molar-refractivity contribution is 5.71. The highest BCUT2D eigenvalue weighted by Crippen LogP contribution is 2.34. The summed E-state index contributed by atoms with van der Waals surface area (Å²) in [4.78, 5) is 4.10. The molecular weight excluding hydrogens is 257 g/mol. The minimum atomic E-state index is -1.64. The van der Waals surface area contributed by atoms with Crippen molar-refractivity contribution in [3.05, 3.63) is 29.6 Å². The third-order valence-corrected chi connectivity index (χ3v) is 3.25. The van der Waals surface area contributed by atoms with Crippen molar-refractivity contribution in [3.63, 3.8) is 0 Å². The van der Waals surface area contributed by atoms with Gasteiger partial charge >= 0.3 is 0 Å². The van der Waals surface area contributed by atoms with Crippen LogP contribution in [0.3, 0.4) is 0 Å². The van der Waals surface area contributed by atoms with Crippen molar-refractivity contribution in [1.29, 1.82) is 0 Å². The van der Waals surface area contributed by atoms with Crippen LogP contribution in [0.5, 0.6) is 0 Å². The van der Waals surface area contributed by atoms with Gasteiger partial charge in [-0.3, -0.25) is 4.99 Å². The number of aliphatic imine (C=N–C) groups is 1. The molecule has 1 aromatic rings. The highest BCUT2D eigenvalue weighted by atomic mass is 19.1. The Labute approximate surface area is 109 Å². The summed E-state index contributed by atoms with van der Waals surface area (Å²) in [5, 5.41) is 0. The molecular formula is C13H15F3N2O. The Kier molecular flexibility index (Phi) is 3.54. The number of ether oxygens (including phenoxy) is 1. The fourth-order valence-corrected chi connectivity index (χ4v) is 1.90.